The molecule has 1 aliphatic heterocycles. The number of hydrogen-bond acceptors (Lipinski definition) is 5. The molecule has 2 N–H and O–H groups in total. The first-order valence-electron chi connectivity index (χ1n) is 9.14. The van der Waals surface area contributed by atoms with Gasteiger partial charge < -0.3 is 4.74 Å². The van der Waals surface area contributed by atoms with Gasteiger partial charge in [-0.25, -0.2) is 13.4 Å². The number of carbonyl (C=O) groups excluding carboxylic acids is 1. The molecule has 3 rings (SSSR count). The fraction of sp³-hybridized carbons (Fsp3) is 0.421. The number of amides is 1. The second-order valence-electron chi connectivity index (χ2n) is 6.55. The van der Waals surface area contributed by atoms with Crippen molar-refractivity contribution in [1.82, 2.24) is 15.2 Å². The highest BCUT2D eigenvalue weighted by Crippen LogP contribution is 2.19. The molecule has 0 bridgehead atoms. The Balaban J connectivity index is 1.75. The molecule has 1 aliphatic rings. The number of ether oxygens (including phenoxy) is 1. The maximum absolute atomic E-state index is 12.8. The van der Waals surface area contributed by atoms with E-state index >= 15 is 0 Å². The van der Waals surface area contributed by atoms with Crippen LogP contribution in [0.15, 0.2) is 47.4 Å². The number of nitrogens with zero attached hydrogens (tertiary/aromatic N) is 1. The van der Waals surface area contributed by atoms with Crippen LogP contribution in [0, 0.1) is 0 Å². The maximum Gasteiger partial charge on any atom is 0.252 e. The first-order chi connectivity index (χ1) is 13.0. The Hall–Kier alpha value is -2.00. The number of rotatable bonds is 7. The van der Waals surface area contributed by atoms with Crippen LogP contribution in [-0.2, 0) is 19.6 Å². The number of carbonyl (C=O) groups is 1. The molecule has 1 heterocycles. The SMILES string of the molecule is CCCC(NS(=O)(=O)c1ccc2ccccc2c1)C(=O)NN1CCOCC1. The van der Waals surface area contributed by atoms with E-state index in [9.17, 15) is 13.2 Å². The van der Waals surface area contributed by atoms with Gasteiger partial charge in [-0.2, -0.15) is 4.72 Å². The minimum Gasteiger partial charge on any atom is -0.379 e. The summed E-state index contributed by atoms with van der Waals surface area (Å²) in [7, 11) is -3.81. The third-order valence-electron chi connectivity index (χ3n) is 4.50. The van der Waals surface area contributed by atoms with Gasteiger partial charge in [-0.3, -0.25) is 10.2 Å². The van der Waals surface area contributed by atoms with Gasteiger partial charge in [0.05, 0.1) is 18.1 Å². The lowest BCUT2D eigenvalue weighted by molar-refractivity contribution is -0.129. The molecule has 0 saturated carbocycles. The summed E-state index contributed by atoms with van der Waals surface area (Å²) < 4.78 is 33.5. The van der Waals surface area contributed by atoms with Gasteiger partial charge in [0.25, 0.3) is 5.91 Å². The van der Waals surface area contributed by atoms with E-state index in [4.69, 9.17) is 4.74 Å². The van der Waals surface area contributed by atoms with E-state index in [0.29, 0.717) is 39.1 Å². The smallest absolute Gasteiger partial charge is 0.252 e. The molecule has 1 fully saturated rings. The van der Waals surface area contributed by atoms with Crippen molar-refractivity contribution < 1.29 is 17.9 Å². The molecule has 0 aromatic heterocycles. The van der Waals surface area contributed by atoms with Crippen LogP contribution in [0.2, 0.25) is 0 Å². The van der Waals surface area contributed by atoms with Gasteiger partial charge in [0.1, 0.15) is 6.04 Å². The molecule has 0 spiro atoms. The third-order valence-corrected chi connectivity index (χ3v) is 5.97. The average molecular weight is 391 g/mol. The quantitative estimate of drug-likeness (QED) is 0.749. The summed E-state index contributed by atoms with van der Waals surface area (Å²) in [5.74, 6) is -0.344. The van der Waals surface area contributed by atoms with Gasteiger partial charge >= 0.3 is 0 Å². The topological polar surface area (TPSA) is 87.7 Å². The van der Waals surface area contributed by atoms with Crippen LogP contribution in [0.25, 0.3) is 10.8 Å². The Kier molecular flexibility index (Phi) is 6.43. The van der Waals surface area contributed by atoms with Gasteiger partial charge in [0, 0.05) is 13.1 Å². The van der Waals surface area contributed by atoms with Gasteiger partial charge in [-0.1, -0.05) is 43.7 Å². The van der Waals surface area contributed by atoms with Crippen molar-refractivity contribution in [2.24, 2.45) is 0 Å². The number of sulfonamides is 1. The summed E-state index contributed by atoms with van der Waals surface area (Å²) in [6.07, 6.45) is 1.10. The minimum atomic E-state index is -3.81. The zero-order chi connectivity index (χ0) is 19.3. The van der Waals surface area contributed by atoms with Crippen LogP contribution >= 0.6 is 0 Å². The molecule has 27 heavy (non-hydrogen) atoms. The Morgan fingerprint density at radius 1 is 1.15 bits per heavy atom. The van der Waals surface area contributed by atoms with Gasteiger partial charge in [-0.05, 0) is 29.3 Å². The standard InChI is InChI=1S/C19H25N3O4S/c1-2-5-18(19(23)20-22-10-12-26-13-11-22)21-27(24,25)17-9-8-15-6-3-4-7-16(15)14-17/h3-4,6-9,14,18,21H,2,5,10-13H2,1H3,(H,20,23). The lowest BCUT2D eigenvalue weighted by Crippen LogP contribution is -2.55. The number of hydrogen-bond donors (Lipinski definition) is 2. The fourth-order valence-electron chi connectivity index (χ4n) is 3.03. The van der Waals surface area contributed by atoms with Crippen molar-refractivity contribution in [2.45, 2.75) is 30.7 Å². The second kappa shape index (κ2) is 8.79. The Labute approximate surface area is 159 Å². The fourth-order valence-corrected chi connectivity index (χ4v) is 4.30. The first-order valence-corrected chi connectivity index (χ1v) is 10.6. The summed E-state index contributed by atoms with van der Waals surface area (Å²) in [6.45, 7) is 4.17. The number of morpholine rings is 1. The van der Waals surface area contributed by atoms with E-state index in [2.05, 4.69) is 10.1 Å². The molecule has 1 amide bonds. The number of nitrogens with one attached hydrogen (secondary N) is 2. The lowest BCUT2D eigenvalue weighted by atomic mass is 10.1. The summed E-state index contributed by atoms with van der Waals surface area (Å²) in [6, 6.07) is 11.7. The Morgan fingerprint density at radius 2 is 1.85 bits per heavy atom. The van der Waals surface area contributed by atoms with E-state index in [0.717, 1.165) is 10.8 Å². The van der Waals surface area contributed by atoms with Gasteiger partial charge in [0.15, 0.2) is 0 Å². The summed E-state index contributed by atoms with van der Waals surface area (Å²) >= 11 is 0. The van der Waals surface area contributed by atoms with Crippen molar-refractivity contribution in [1.29, 1.82) is 0 Å². The molecule has 1 saturated heterocycles. The minimum absolute atomic E-state index is 0.154. The molecular formula is C19H25N3O4S. The molecule has 0 aliphatic carbocycles. The molecular weight excluding hydrogens is 366 g/mol. The maximum atomic E-state index is 12.8. The molecule has 8 heteroatoms. The van der Waals surface area contributed by atoms with E-state index in [1.807, 2.05) is 31.2 Å². The van der Waals surface area contributed by atoms with Crippen LogP contribution in [0.1, 0.15) is 19.8 Å². The highest BCUT2D eigenvalue weighted by atomic mass is 32.2. The zero-order valence-electron chi connectivity index (χ0n) is 15.3. The molecule has 1 atom stereocenters. The largest absolute Gasteiger partial charge is 0.379 e. The van der Waals surface area contributed by atoms with Crippen molar-refractivity contribution in [3.8, 4) is 0 Å². The zero-order valence-corrected chi connectivity index (χ0v) is 16.2. The predicted octanol–water partition coefficient (Wildman–Crippen LogP) is 1.65. The molecule has 2 aromatic carbocycles. The first kappa shape index (κ1) is 19.8. The molecule has 1 unspecified atom stereocenters. The van der Waals surface area contributed by atoms with Crippen LogP contribution in [0.4, 0.5) is 0 Å². The van der Waals surface area contributed by atoms with Crippen LogP contribution in [0.5, 0.6) is 0 Å². The van der Waals surface area contributed by atoms with Gasteiger partial charge in [0.2, 0.25) is 10.0 Å². The van der Waals surface area contributed by atoms with Crippen molar-refractivity contribution in [3.05, 3.63) is 42.5 Å². The van der Waals surface area contributed by atoms with E-state index in [1.165, 1.54) is 0 Å². The third kappa shape index (κ3) is 5.04. The van der Waals surface area contributed by atoms with Crippen LogP contribution < -0.4 is 10.1 Å². The highest BCUT2D eigenvalue weighted by Gasteiger charge is 2.26. The van der Waals surface area contributed by atoms with Crippen molar-refractivity contribution >= 4 is 26.7 Å². The van der Waals surface area contributed by atoms with Crippen LogP contribution in [0.3, 0.4) is 0 Å². The van der Waals surface area contributed by atoms with E-state index in [-0.39, 0.29) is 10.8 Å². The molecule has 2 aromatic rings. The summed E-state index contributed by atoms with van der Waals surface area (Å²) in [5.41, 5.74) is 2.79. The predicted molar refractivity (Wildman–Crippen MR) is 104 cm³/mol. The van der Waals surface area contributed by atoms with E-state index in [1.54, 1.807) is 23.2 Å². The average Bonchev–Trinajstić information content (AvgIpc) is 2.68. The van der Waals surface area contributed by atoms with Crippen molar-refractivity contribution in [2.75, 3.05) is 26.3 Å². The number of hydrazine groups is 1. The second-order valence-corrected chi connectivity index (χ2v) is 8.26. The molecule has 146 valence electrons. The highest BCUT2D eigenvalue weighted by molar-refractivity contribution is 7.89. The van der Waals surface area contributed by atoms with Gasteiger partial charge in [-0.15, -0.1) is 0 Å². The number of benzene rings is 2. The Morgan fingerprint density at radius 3 is 2.56 bits per heavy atom. The monoisotopic (exact) mass is 391 g/mol. The molecule has 0 radical (unpaired) electrons. The lowest BCUT2D eigenvalue weighted by Gasteiger charge is -2.29. The Bertz CT molecular complexity index is 895. The summed E-state index contributed by atoms with van der Waals surface area (Å²) in [5, 5.41) is 3.57. The van der Waals surface area contributed by atoms with Crippen LogP contribution in [-0.4, -0.2) is 51.7 Å². The molecule has 7 nitrogen and oxygen atoms in total. The normalized spacial score (nSPS) is 16.9. The number of fused-ring (bicyclic) bond motifs is 1. The van der Waals surface area contributed by atoms with E-state index < -0.39 is 16.1 Å². The van der Waals surface area contributed by atoms with Crippen molar-refractivity contribution in [3.63, 3.8) is 0 Å². The summed E-state index contributed by atoms with van der Waals surface area (Å²) in [4.78, 5) is 12.8.